The van der Waals surface area contributed by atoms with E-state index < -0.39 is 12.5 Å². The molecule has 1 saturated heterocycles. The van der Waals surface area contributed by atoms with Gasteiger partial charge in [0, 0.05) is 15.8 Å². The van der Waals surface area contributed by atoms with Crippen LogP contribution in [-0.4, -0.2) is 37.4 Å². The maximum atomic E-state index is 9.35. The van der Waals surface area contributed by atoms with E-state index in [2.05, 4.69) is 4.90 Å². The summed E-state index contributed by atoms with van der Waals surface area (Å²) in [4.78, 5) is 2.11. The van der Waals surface area contributed by atoms with Gasteiger partial charge in [-0.3, -0.25) is 0 Å². The van der Waals surface area contributed by atoms with E-state index in [1.807, 2.05) is 60.7 Å². The Morgan fingerprint density at radius 3 is 2.42 bits per heavy atom. The Labute approximate surface area is 188 Å². The van der Waals surface area contributed by atoms with Crippen molar-refractivity contribution in [3.8, 4) is 11.5 Å². The molecule has 4 heteroatoms. The van der Waals surface area contributed by atoms with Crippen molar-refractivity contribution in [1.29, 1.82) is 0 Å². The number of benzene rings is 3. The van der Waals surface area contributed by atoms with Crippen LogP contribution in [0.5, 0.6) is 11.5 Å². The van der Waals surface area contributed by atoms with E-state index in [1.54, 1.807) is 18.2 Å². The van der Waals surface area contributed by atoms with Crippen LogP contribution in [0.3, 0.4) is 0 Å². The third kappa shape index (κ3) is 4.92. The lowest BCUT2D eigenvalue weighted by Gasteiger charge is -2.35. The minimum absolute atomic E-state index is 0.171. The van der Waals surface area contributed by atoms with Gasteiger partial charge in [0.05, 0.1) is 7.47 Å². The van der Waals surface area contributed by atoms with Crippen molar-refractivity contribution in [1.82, 2.24) is 4.90 Å². The van der Waals surface area contributed by atoms with E-state index in [1.165, 1.54) is 0 Å². The van der Waals surface area contributed by atoms with E-state index in [9.17, 15) is 1.37 Å². The monoisotopic (exact) mass is 418 g/mol. The molecule has 5 rings (SSSR count). The van der Waals surface area contributed by atoms with Crippen LogP contribution in [-0.2, 0) is 11.1 Å². The molecule has 0 bridgehead atoms. The molecule has 0 radical (unpaired) electrons. The number of fused-ring (bicyclic) bond motifs is 1. The van der Waals surface area contributed by atoms with Crippen LogP contribution in [0.1, 0.15) is 39.7 Å². The van der Waals surface area contributed by atoms with E-state index >= 15 is 0 Å². The van der Waals surface area contributed by atoms with Crippen molar-refractivity contribution < 1.29 is 18.3 Å². The zero-order valence-electron chi connectivity index (χ0n) is 20.5. The van der Waals surface area contributed by atoms with E-state index in [4.69, 9.17) is 17.0 Å². The summed E-state index contributed by atoms with van der Waals surface area (Å²) in [5.74, 6) is 1.24. The van der Waals surface area contributed by atoms with Gasteiger partial charge in [-0.25, -0.2) is 0 Å². The number of rotatable bonds is 7. The predicted molar refractivity (Wildman–Crippen MR) is 122 cm³/mol. The molecule has 0 saturated carbocycles. The van der Waals surface area contributed by atoms with Crippen LogP contribution in [0.25, 0.3) is 0 Å². The Bertz CT molecular complexity index is 1070. The van der Waals surface area contributed by atoms with Gasteiger partial charge < -0.3 is 19.1 Å². The number of hydrogen-bond donors (Lipinski definition) is 0. The number of nitrogens with zero attached hydrogens (tertiary/aromatic N) is 1. The second-order valence-corrected chi connectivity index (χ2v) is 7.92. The van der Waals surface area contributed by atoms with Crippen molar-refractivity contribution in [2.75, 3.05) is 26.4 Å². The summed E-state index contributed by atoms with van der Waals surface area (Å²) in [6, 6.07) is 24.6. The Morgan fingerprint density at radius 1 is 0.968 bits per heavy atom. The van der Waals surface area contributed by atoms with Gasteiger partial charge in [0.1, 0.15) is 6.08 Å². The molecule has 3 aromatic rings. The van der Waals surface area contributed by atoms with Gasteiger partial charge in [0.15, 0.2) is 11.5 Å². The highest BCUT2D eigenvalue weighted by Crippen LogP contribution is 2.33. The highest BCUT2D eigenvalue weighted by atomic mass is 16.7. The molecule has 0 amide bonds. The van der Waals surface area contributed by atoms with Crippen LogP contribution >= 0.6 is 0 Å². The normalized spacial score (nSPS) is 20.6. The maximum absolute atomic E-state index is 9.35. The summed E-state index contributed by atoms with van der Waals surface area (Å²) in [5, 5.41) is 0. The van der Waals surface area contributed by atoms with Crippen molar-refractivity contribution in [2.24, 2.45) is 0 Å². The molecule has 0 N–H and O–H groups in total. The third-order valence-electron chi connectivity index (χ3n) is 5.70. The molecule has 0 aliphatic carbocycles. The Morgan fingerprint density at radius 2 is 1.68 bits per heavy atom. The molecule has 3 aromatic carbocycles. The fourth-order valence-electron chi connectivity index (χ4n) is 4.11. The first-order chi connectivity index (χ1) is 16.4. The molecule has 2 heterocycles. The topological polar surface area (TPSA) is 30.9 Å². The van der Waals surface area contributed by atoms with Crippen molar-refractivity contribution in [3.05, 3.63) is 95.6 Å². The number of hydrogen-bond acceptors (Lipinski definition) is 4. The molecule has 4 nitrogen and oxygen atoms in total. The molecule has 2 aliphatic rings. The maximum Gasteiger partial charge on any atom is 0.231 e. The van der Waals surface area contributed by atoms with Gasteiger partial charge in [0.25, 0.3) is 0 Å². The molecule has 0 aromatic heterocycles. The standard InChI is InChI=1S/C27H29NO3/c1-3-8-22(9-4-1)27(23-10-5-2-6-11-23)31-24-12-7-16-28(19-24)17-15-21-13-14-25-26(18-21)30-20-29-25/h1-6,8-11,13-14,18,24,27H,7,12,15-17,19-20H2/t24-/m1/s1/i15D2,27D. The van der Waals surface area contributed by atoms with Gasteiger partial charge >= 0.3 is 0 Å². The lowest BCUT2D eigenvalue weighted by Crippen LogP contribution is -2.41. The molecular formula is C27H29NO3. The molecule has 0 unspecified atom stereocenters. The first-order valence-corrected chi connectivity index (χ1v) is 10.9. The average Bonchev–Trinajstić information content (AvgIpc) is 3.33. The lowest BCUT2D eigenvalue weighted by molar-refractivity contribution is -0.0330. The number of ether oxygens (including phenoxy) is 3. The first kappa shape index (κ1) is 16.8. The molecule has 31 heavy (non-hydrogen) atoms. The SMILES string of the molecule is [2H]C([2H])(CN1CCC[C@@H](OC([2H])(c2ccccc2)c2ccccc2)C1)c1ccc2c(c1)OCO2. The Kier molecular flexibility index (Phi) is 5.18. The third-order valence-corrected chi connectivity index (χ3v) is 5.70. The molecule has 1 fully saturated rings. The lowest BCUT2D eigenvalue weighted by atomic mass is 10.00. The highest BCUT2D eigenvalue weighted by molar-refractivity contribution is 5.44. The smallest absolute Gasteiger partial charge is 0.231 e. The van der Waals surface area contributed by atoms with Crippen LogP contribution in [0.4, 0.5) is 0 Å². The van der Waals surface area contributed by atoms with E-state index in [0.29, 0.717) is 23.6 Å². The van der Waals surface area contributed by atoms with Crippen molar-refractivity contribution in [3.63, 3.8) is 0 Å². The van der Waals surface area contributed by atoms with Gasteiger partial charge in [-0.15, -0.1) is 0 Å². The molecule has 160 valence electrons. The largest absolute Gasteiger partial charge is 0.454 e. The summed E-state index contributed by atoms with van der Waals surface area (Å²) in [6.45, 7) is 1.79. The second kappa shape index (κ2) is 9.54. The van der Waals surface area contributed by atoms with Crippen LogP contribution in [0.2, 0.25) is 0 Å². The summed E-state index contributed by atoms with van der Waals surface area (Å²) >= 11 is 0. The number of piperidine rings is 1. The second-order valence-electron chi connectivity index (χ2n) is 7.92. The molecule has 2 aliphatic heterocycles. The summed E-state index contributed by atoms with van der Waals surface area (Å²) in [6.07, 6.45) is -1.34. The molecule has 0 spiro atoms. The van der Waals surface area contributed by atoms with E-state index in [-0.39, 0.29) is 19.4 Å². The van der Waals surface area contributed by atoms with Crippen LogP contribution < -0.4 is 9.47 Å². The van der Waals surface area contributed by atoms with Gasteiger partial charge in [-0.1, -0.05) is 66.7 Å². The van der Waals surface area contributed by atoms with Crippen LogP contribution in [0, 0.1) is 0 Å². The Hall–Kier alpha value is -2.82. The molecular weight excluding hydrogens is 386 g/mol. The predicted octanol–water partition coefficient (Wildman–Crippen LogP) is 5.23. The fourth-order valence-corrected chi connectivity index (χ4v) is 4.11. The summed E-state index contributed by atoms with van der Waals surface area (Å²) in [7, 11) is 0. The summed E-state index contributed by atoms with van der Waals surface area (Å²) < 4.78 is 44.1. The van der Waals surface area contributed by atoms with Gasteiger partial charge in [0.2, 0.25) is 6.79 Å². The molecule has 1 atom stereocenters. The van der Waals surface area contributed by atoms with Crippen LogP contribution in [0.15, 0.2) is 78.9 Å². The zero-order chi connectivity index (χ0) is 23.6. The average molecular weight is 419 g/mol. The minimum Gasteiger partial charge on any atom is -0.454 e. The highest BCUT2D eigenvalue weighted by Gasteiger charge is 2.25. The zero-order valence-corrected chi connectivity index (χ0v) is 17.5. The number of likely N-dealkylation sites (tertiary alicyclic amines) is 1. The van der Waals surface area contributed by atoms with Crippen molar-refractivity contribution in [2.45, 2.75) is 31.4 Å². The summed E-state index contributed by atoms with van der Waals surface area (Å²) in [5.41, 5.74) is 2.14. The van der Waals surface area contributed by atoms with E-state index in [0.717, 1.165) is 30.5 Å². The van der Waals surface area contributed by atoms with Crippen molar-refractivity contribution >= 4 is 0 Å². The Balaban J connectivity index is 1.32. The quantitative estimate of drug-likeness (QED) is 0.526. The van der Waals surface area contributed by atoms with Gasteiger partial charge in [-0.2, -0.15) is 0 Å². The minimum atomic E-state index is -1.56. The fraction of sp³-hybridized carbons (Fsp3) is 0.333. The first-order valence-electron chi connectivity index (χ1n) is 12.4. The van der Waals surface area contributed by atoms with Gasteiger partial charge in [-0.05, 0) is 54.6 Å².